The third-order valence-electron chi connectivity index (χ3n) is 2.63. The standard InChI is InChI=1S/C12H15N3O/c1-8(13-9(2)16)12-14-10-6-4-5-7-11(10)15(12)3/h4-8H,1-3H3,(H,13,16)/t8-/m1/s1. The van der Waals surface area contributed by atoms with Gasteiger partial charge in [0.2, 0.25) is 5.91 Å². The van der Waals surface area contributed by atoms with Gasteiger partial charge in [0.15, 0.2) is 0 Å². The zero-order valence-corrected chi connectivity index (χ0v) is 9.69. The average molecular weight is 217 g/mol. The summed E-state index contributed by atoms with van der Waals surface area (Å²) in [6.45, 7) is 3.45. The van der Waals surface area contributed by atoms with Gasteiger partial charge in [-0.15, -0.1) is 0 Å². The van der Waals surface area contributed by atoms with E-state index in [1.807, 2.05) is 42.8 Å². The lowest BCUT2D eigenvalue weighted by molar-refractivity contribution is -0.119. The molecule has 84 valence electrons. The van der Waals surface area contributed by atoms with Crippen LogP contribution in [0.3, 0.4) is 0 Å². The van der Waals surface area contributed by atoms with E-state index < -0.39 is 0 Å². The van der Waals surface area contributed by atoms with E-state index in [0.717, 1.165) is 16.9 Å². The molecule has 0 aliphatic heterocycles. The zero-order valence-electron chi connectivity index (χ0n) is 9.69. The van der Waals surface area contributed by atoms with Crippen molar-refractivity contribution < 1.29 is 4.79 Å². The van der Waals surface area contributed by atoms with Crippen LogP contribution in [0.15, 0.2) is 24.3 Å². The molecule has 0 saturated heterocycles. The Balaban J connectivity index is 2.45. The van der Waals surface area contributed by atoms with Crippen LogP contribution in [0.25, 0.3) is 11.0 Å². The minimum absolute atomic E-state index is 0.0421. The fourth-order valence-electron chi connectivity index (χ4n) is 1.92. The lowest BCUT2D eigenvalue weighted by atomic mass is 10.3. The third kappa shape index (κ3) is 1.78. The summed E-state index contributed by atoms with van der Waals surface area (Å²) >= 11 is 0. The largest absolute Gasteiger partial charge is 0.347 e. The number of nitrogens with one attached hydrogen (secondary N) is 1. The fourth-order valence-corrected chi connectivity index (χ4v) is 1.92. The summed E-state index contributed by atoms with van der Waals surface area (Å²) in [4.78, 5) is 15.5. The van der Waals surface area contributed by atoms with Crippen LogP contribution in [0.2, 0.25) is 0 Å². The molecule has 0 radical (unpaired) electrons. The molecule has 0 aliphatic rings. The van der Waals surface area contributed by atoms with Crippen LogP contribution >= 0.6 is 0 Å². The Morgan fingerprint density at radius 1 is 1.44 bits per heavy atom. The second kappa shape index (κ2) is 3.96. The predicted octanol–water partition coefficient (Wildman–Crippen LogP) is 1.77. The number of nitrogens with zero attached hydrogens (tertiary/aromatic N) is 2. The molecule has 4 heteroatoms. The van der Waals surface area contributed by atoms with Gasteiger partial charge in [0.05, 0.1) is 17.1 Å². The molecule has 0 unspecified atom stereocenters. The SMILES string of the molecule is CC(=O)N[C@H](C)c1nc2ccccc2n1C. The highest BCUT2D eigenvalue weighted by Gasteiger charge is 2.14. The van der Waals surface area contributed by atoms with Crippen molar-refractivity contribution >= 4 is 16.9 Å². The number of aryl methyl sites for hydroxylation is 1. The van der Waals surface area contributed by atoms with Crippen molar-refractivity contribution in [3.63, 3.8) is 0 Å². The number of amides is 1. The molecule has 4 nitrogen and oxygen atoms in total. The first-order valence-corrected chi connectivity index (χ1v) is 5.28. The van der Waals surface area contributed by atoms with Crippen LogP contribution in [0, 0.1) is 0 Å². The van der Waals surface area contributed by atoms with E-state index in [4.69, 9.17) is 0 Å². The molecule has 1 amide bonds. The van der Waals surface area contributed by atoms with E-state index in [1.54, 1.807) is 0 Å². The normalized spacial score (nSPS) is 12.7. The fraction of sp³-hybridized carbons (Fsp3) is 0.333. The maximum Gasteiger partial charge on any atom is 0.217 e. The van der Waals surface area contributed by atoms with Crippen LogP contribution in [0.1, 0.15) is 25.7 Å². The van der Waals surface area contributed by atoms with Crippen molar-refractivity contribution in [1.29, 1.82) is 0 Å². The van der Waals surface area contributed by atoms with Gasteiger partial charge >= 0.3 is 0 Å². The second-order valence-electron chi connectivity index (χ2n) is 3.94. The Morgan fingerprint density at radius 2 is 2.12 bits per heavy atom. The minimum atomic E-state index is -0.0742. The number of carbonyl (C=O) groups excluding carboxylic acids is 1. The number of hydrogen-bond acceptors (Lipinski definition) is 2. The van der Waals surface area contributed by atoms with Crippen LogP contribution < -0.4 is 5.32 Å². The van der Waals surface area contributed by atoms with Gasteiger partial charge in [0.1, 0.15) is 5.82 Å². The monoisotopic (exact) mass is 217 g/mol. The molecule has 2 aromatic rings. The van der Waals surface area contributed by atoms with Gasteiger partial charge in [-0.2, -0.15) is 0 Å². The highest BCUT2D eigenvalue weighted by Crippen LogP contribution is 2.18. The summed E-state index contributed by atoms with van der Waals surface area (Å²) in [7, 11) is 1.96. The number of carbonyl (C=O) groups is 1. The van der Waals surface area contributed by atoms with Gasteiger partial charge in [0.25, 0.3) is 0 Å². The highest BCUT2D eigenvalue weighted by atomic mass is 16.1. The first-order valence-electron chi connectivity index (χ1n) is 5.28. The van der Waals surface area contributed by atoms with Gasteiger partial charge in [0, 0.05) is 14.0 Å². The van der Waals surface area contributed by atoms with Crippen LogP contribution in [0.4, 0.5) is 0 Å². The number of imidazole rings is 1. The molecule has 1 aromatic carbocycles. The molecule has 2 rings (SSSR count). The van der Waals surface area contributed by atoms with E-state index >= 15 is 0 Å². The van der Waals surface area contributed by atoms with E-state index in [9.17, 15) is 4.79 Å². The van der Waals surface area contributed by atoms with Crippen molar-refractivity contribution in [3.8, 4) is 0 Å². The van der Waals surface area contributed by atoms with Crippen molar-refractivity contribution in [2.45, 2.75) is 19.9 Å². The van der Waals surface area contributed by atoms with Crippen molar-refractivity contribution in [1.82, 2.24) is 14.9 Å². The van der Waals surface area contributed by atoms with Crippen LogP contribution in [-0.4, -0.2) is 15.5 Å². The summed E-state index contributed by atoms with van der Waals surface area (Å²) in [5, 5.41) is 2.84. The van der Waals surface area contributed by atoms with E-state index in [0.29, 0.717) is 0 Å². The summed E-state index contributed by atoms with van der Waals surface area (Å²) < 4.78 is 2.01. The molecule has 0 spiro atoms. The quantitative estimate of drug-likeness (QED) is 0.833. The van der Waals surface area contributed by atoms with Gasteiger partial charge < -0.3 is 9.88 Å². The first kappa shape index (κ1) is 10.7. The Labute approximate surface area is 94.3 Å². The lowest BCUT2D eigenvalue weighted by Gasteiger charge is -2.11. The summed E-state index contributed by atoms with van der Waals surface area (Å²) in [5.41, 5.74) is 2.03. The smallest absolute Gasteiger partial charge is 0.217 e. The molecule has 1 N–H and O–H groups in total. The molecule has 0 bridgehead atoms. The van der Waals surface area contributed by atoms with E-state index in [2.05, 4.69) is 10.3 Å². The number of fused-ring (bicyclic) bond motifs is 1. The maximum atomic E-state index is 11.0. The molecule has 0 aliphatic carbocycles. The summed E-state index contributed by atoms with van der Waals surface area (Å²) in [6, 6.07) is 7.86. The average Bonchev–Trinajstić information content (AvgIpc) is 2.56. The second-order valence-corrected chi connectivity index (χ2v) is 3.94. The first-order chi connectivity index (χ1) is 7.59. The number of rotatable bonds is 2. The molecule has 0 fully saturated rings. The topological polar surface area (TPSA) is 46.9 Å². The number of hydrogen-bond donors (Lipinski definition) is 1. The van der Waals surface area contributed by atoms with Crippen molar-refractivity contribution in [2.75, 3.05) is 0 Å². The Bertz CT molecular complexity index is 530. The minimum Gasteiger partial charge on any atom is -0.347 e. The van der Waals surface area contributed by atoms with Gasteiger partial charge in [-0.3, -0.25) is 4.79 Å². The number of aromatic nitrogens is 2. The molecule has 1 atom stereocenters. The van der Waals surface area contributed by atoms with Gasteiger partial charge in [-0.25, -0.2) is 4.98 Å². The van der Waals surface area contributed by atoms with Gasteiger partial charge in [-0.05, 0) is 19.1 Å². The molecule has 16 heavy (non-hydrogen) atoms. The lowest BCUT2D eigenvalue weighted by Crippen LogP contribution is -2.25. The van der Waals surface area contributed by atoms with Crippen LogP contribution in [-0.2, 0) is 11.8 Å². The van der Waals surface area contributed by atoms with E-state index in [-0.39, 0.29) is 11.9 Å². The Kier molecular flexibility index (Phi) is 2.64. The third-order valence-corrected chi connectivity index (χ3v) is 2.63. The molecule has 0 saturated carbocycles. The Hall–Kier alpha value is -1.84. The maximum absolute atomic E-state index is 11.0. The molecule has 1 aromatic heterocycles. The highest BCUT2D eigenvalue weighted by molar-refractivity contribution is 5.76. The molecular weight excluding hydrogens is 202 g/mol. The molecular formula is C12H15N3O. The number of para-hydroxylation sites is 2. The van der Waals surface area contributed by atoms with Crippen molar-refractivity contribution in [3.05, 3.63) is 30.1 Å². The van der Waals surface area contributed by atoms with Crippen molar-refractivity contribution in [2.24, 2.45) is 7.05 Å². The predicted molar refractivity (Wildman–Crippen MR) is 62.9 cm³/mol. The number of benzene rings is 1. The zero-order chi connectivity index (χ0) is 11.7. The Morgan fingerprint density at radius 3 is 2.75 bits per heavy atom. The molecule has 1 heterocycles. The summed E-state index contributed by atoms with van der Waals surface area (Å²) in [5.74, 6) is 0.830. The van der Waals surface area contributed by atoms with E-state index in [1.165, 1.54) is 6.92 Å². The van der Waals surface area contributed by atoms with Gasteiger partial charge in [-0.1, -0.05) is 12.1 Å². The summed E-state index contributed by atoms with van der Waals surface area (Å²) in [6.07, 6.45) is 0. The van der Waals surface area contributed by atoms with Crippen LogP contribution in [0.5, 0.6) is 0 Å².